The van der Waals surface area contributed by atoms with E-state index in [9.17, 15) is 5.11 Å². The highest BCUT2D eigenvalue weighted by Crippen LogP contribution is 2.50. The summed E-state index contributed by atoms with van der Waals surface area (Å²) in [6.45, 7) is 6.67. The maximum absolute atomic E-state index is 11.2. The normalized spacial score (nSPS) is 29.0. The molecule has 0 amide bonds. The monoisotopic (exact) mass is 278 g/mol. The maximum Gasteiger partial charge on any atom is 0.128 e. The van der Waals surface area contributed by atoms with Crippen molar-refractivity contribution in [1.29, 1.82) is 0 Å². The summed E-state index contributed by atoms with van der Waals surface area (Å²) in [7, 11) is 3.27. The number of ether oxygens (including phenoxy) is 2. The van der Waals surface area contributed by atoms with Crippen LogP contribution in [0, 0.1) is 11.3 Å². The van der Waals surface area contributed by atoms with Gasteiger partial charge in [-0.25, -0.2) is 0 Å². The fourth-order valence-electron chi connectivity index (χ4n) is 3.43. The van der Waals surface area contributed by atoms with Gasteiger partial charge in [0.2, 0.25) is 0 Å². The minimum Gasteiger partial charge on any atom is -0.497 e. The Bertz CT molecular complexity index is 481. The molecule has 0 spiro atoms. The Hall–Kier alpha value is -1.22. The van der Waals surface area contributed by atoms with Gasteiger partial charge in [0.05, 0.1) is 19.8 Å². The van der Waals surface area contributed by atoms with Gasteiger partial charge in [-0.1, -0.05) is 20.8 Å². The number of hydrogen-bond donors (Lipinski definition) is 1. The second-order valence-corrected chi connectivity index (χ2v) is 6.76. The molecule has 1 aromatic rings. The van der Waals surface area contributed by atoms with Gasteiger partial charge in [-0.2, -0.15) is 0 Å². The zero-order valence-electron chi connectivity index (χ0n) is 13.2. The second kappa shape index (κ2) is 5.28. The quantitative estimate of drug-likeness (QED) is 0.915. The van der Waals surface area contributed by atoms with Crippen molar-refractivity contribution in [3.63, 3.8) is 0 Å². The minimum atomic E-state index is -0.812. The van der Waals surface area contributed by atoms with Crippen molar-refractivity contribution in [2.45, 2.75) is 45.6 Å². The first-order valence-corrected chi connectivity index (χ1v) is 7.27. The summed E-state index contributed by atoms with van der Waals surface area (Å²) in [5.41, 5.74) is 0.363. The van der Waals surface area contributed by atoms with Gasteiger partial charge in [0.15, 0.2) is 0 Å². The zero-order chi connectivity index (χ0) is 15.0. The van der Waals surface area contributed by atoms with E-state index in [-0.39, 0.29) is 5.92 Å². The van der Waals surface area contributed by atoms with Crippen molar-refractivity contribution in [1.82, 2.24) is 0 Å². The second-order valence-electron chi connectivity index (χ2n) is 6.76. The van der Waals surface area contributed by atoms with Gasteiger partial charge < -0.3 is 14.6 Å². The summed E-state index contributed by atoms with van der Waals surface area (Å²) in [6, 6.07) is 5.68. The number of aliphatic hydroxyl groups is 1. The summed E-state index contributed by atoms with van der Waals surface area (Å²) in [5.74, 6) is 1.66. The molecule has 1 saturated carbocycles. The van der Waals surface area contributed by atoms with Crippen LogP contribution in [0.2, 0.25) is 0 Å². The molecule has 1 aromatic carbocycles. The molecule has 3 heteroatoms. The molecule has 3 nitrogen and oxygen atoms in total. The SMILES string of the molecule is COc1ccc(C2(O)CCC(C)(C)CC2C)c(OC)c1. The van der Waals surface area contributed by atoms with Gasteiger partial charge >= 0.3 is 0 Å². The summed E-state index contributed by atoms with van der Waals surface area (Å²) in [5, 5.41) is 11.2. The van der Waals surface area contributed by atoms with Crippen LogP contribution < -0.4 is 9.47 Å². The number of hydrogen-bond acceptors (Lipinski definition) is 3. The van der Waals surface area contributed by atoms with Crippen LogP contribution in [-0.2, 0) is 5.60 Å². The minimum absolute atomic E-state index is 0.202. The van der Waals surface area contributed by atoms with Crippen molar-refractivity contribution in [2.75, 3.05) is 14.2 Å². The molecule has 1 N–H and O–H groups in total. The van der Waals surface area contributed by atoms with Gasteiger partial charge in [0.25, 0.3) is 0 Å². The average molecular weight is 278 g/mol. The van der Waals surface area contributed by atoms with Gasteiger partial charge in [0, 0.05) is 11.6 Å². The molecule has 112 valence electrons. The molecule has 1 aliphatic rings. The first-order chi connectivity index (χ1) is 9.32. The van der Waals surface area contributed by atoms with Crippen LogP contribution in [0.5, 0.6) is 11.5 Å². The molecule has 2 rings (SSSR count). The molecule has 20 heavy (non-hydrogen) atoms. The van der Waals surface area contributed by atoms with Crippen LogP contribution in [0.4, 0.5) is 0 Å². The van der Waals surface area contributed by atoms with Gasteiger partial charge in [-0.05, 0) is 42.7 Å². The van der Waals surface area contributed by atoms with E-state index < -0.39 is 5.60 Å². The van der Waals surface area contributed by atoms with Crippen LogP contribution in [0.1, 0.15) is 45.6 Å². The van der Waals surface area contributed by atoms with Gasteiger partial charge in [-0.15, -0.1) is 0 Å². The third-order valence-corrected chi connectivity index (χ3v) is 4.73. The van der Waals surface area contributed by atoms with Crippen LogP contribution in [-0.4, -0.2) is 19.3 Å². The highest BCUT2D eigenvalue weighted by molar-refractivity contribution is 5.44. The van der Waals surface area contributed by atoms with Crippen LogP contribution in [0.3, 0.4) is 0 Å². The van der Waals surface area contributed by atoms with Crippen molar-refractivity contribution in [2.24, 2.45) is 11.3 Å². The van der Waals surface area contributed by atoms with E-state index in [4.69, 9.17) is 9.47 Å². The first-order valence-electron chi connectivity index (χ1n) is 7.27. The van der Waals surface area contributed by atoms with E-state index in [1.807, 2.05) is 18.2 Å². The largest absolute Gasteiger partial charge is 0.497 e. The highest BCUT2D eigenvalue weighted by Gasteiger charge is 2.45. The van der Waals surface area contributed by atoms with E-state index in [2.05, 4.69) is 20.8 Å². The molecule has 0 heterocycles. The molecule has 0 aliphatic heterocycles. The standard InChI is InChI=1S/C17H26O3/c1-12-11-16(2,3)8-9-17(12,18)14-7-6-13(19-4)10-15(14)20-5/h6-7,10,12,18H,8-9,11H2,1-5H3. The summed E-state index contributed by atoms with van der Waals surface area (Å²) in [4.78, 5) is 0. The lowest BCUT2D eigenvalue weighted by Crippen LogP contribution is -2.41. The molecule has 0 saturated heterocycles. The number of benzene rings is 1. The van der Waals surface area contributed by atoms with E-state index in [1.54, 1.807) is 14.2 Å². The molecule has 1 aliphatic carbocycles. The lowest BCUT2D eigenvalue weighted by Gasteiger charge is -2.45. The maximum atomic E-state index is 11.2. The fraction of sp³-hybridized carbons (Fsp3) is 0.647. The predicted octanol–water partition coefficient (Wildman–Crippen LogP) is 3.74. The van der Waals surface area contributed by atoms with E-state index in [1.165, 1.54) is 0 Å². The number of methoxy groups -OCH3 is 2. The zero-order valence-corrected chi connectivity index (χ0v) is 13.2. The highest BCUT2D eigenvalue weighted by atomic mass is 16.5. The molecule has 0 radical (unpaired) electrons. The Kier molecular flexibility index (Phi) is 4.01. The van der Waals surface area contributed by atoms with Gasteiger partial charge in [0.1, 0.15) is 11.5 Å². The Morgan fingerprint density at radius 3 is 2.40 bits per heavy atom. The smallest absolute Gasteiger partial charge is 0.128 e. The molecule has 0 aromatic heterocycles. The topological polar surface area (TPSA) is 38.7 Å². The number of rotatable bonds is 3. The van der Waals surface area contributed by atoms with E-state index >= 15 is 0 Å². The lowest BCUT2D eigenvalue weighted by molar-refractivity contribution is -0.0782. The Morgan fingerprint density at radius 1 is 1.15 bits per heavy atom. The van der Waals surface area contributed by atoms with E-state index in [0.29, 0.717) is 11.2 Å². The van der Waals surface area contributed by atoms with Crippen molar-refractivity contribution in [3.8, 4) is 11.5 Å². The Labute approximate surface area is 121 Å². The van der Waals surface area contributed by atoms with Crippen molar-refractivity contribution >= 4 is 0 Å². The van der Waals surface area contributed by atoms with Crippen molar-refractivity contribution in [3.05, 3.63) is 23.8 Å². The third kappa shape index (κ3) is 2.64. The van der Waals surface area contributed by atoms with Crippen LogP contribution in [0.25, 0.3) is 0 Å². The third-order valence-electron chi connectivity index (χ3n) is 4.73. The molecule has 2 atom stereocenters. The lowest BCUT2D eigenvalue weighted by atomic mass is 9.63. The Balaban J connectivity index is 2.39. The van der Waals surface area contributed by atoms with Crippen LogP contribution in [0.15, 0.2) is 18.2 Å². The molecular weight excluding hydrogens is 252 g/mol. The van der Waals surface area contributed by atoms with Crippen LogP contribution >= 0.6 is 0 Å². The van der Waals surface area contributed by atoms with Gasteiger partial charge in [-0.3, -0.25) is 0 Å². The first kappa shape index (κ1) is 15.2. The molecule has 1 fully saturated rings. The van der Waals surface area contributed by atoms with Crippen molar-refractivity contribution < 1.29 is 14.6 Å². The molecule has 0 bridgehead atoms. The molecule has 2 unspecified atom stereocenters. The Morgan fingerprint density at radius 2 is 1.85 bits per heavy atom. The predicted molar refractivity (Wildman–Crippen MR) is 80.2 cm³/mol. The van der Waals surface area contributed by atoms with E-state index in [0.717, 1.165) is 30.6 Å². The fourth-order valence-corrected chi connectivity index (χ4v) is 3.43. The molecular formula is C17H26O3. The summed E-state index contributed by atoms with van der Waals surface area (Å²) < 4.78 is 10.7. The average Bonchev–Trinajstić information content (AvgIpc) is 2.42. The summed E-state index contributed by atoms with van der Waals surface area (Å²) in [6.07, 6.45) is 2.80. The summed E-state index contributed by atoms with van der Waals surface area (Å²) >= 11 is 0.